The molecule has 2 aromatic rings. The van der Waals surface area contributed by atoms with Gasteiger partial charge in [-0.15, -0.1) is 0 Å². The zero-order valence-electron chi connectivity index (χ0n) is 11.1. The predicted octanol–water partition coefficient (Wildman–Crippen LogP) is 1.40. The summed E-state index contributed by atoms with van der Waals surface area (Å²) in [5.74, 6) is -3.51. The first-order chi connectivity index (χ1) is 9.90. The lowest BCUT2D eigenvalue weighted by Crippen LogP contribution is -2.42. The van der Waals surface area contributed by atoms with Crippen LogP contribution >= 0.6 is 0 Å². The van der Waals surface area contributed by atoms with E-state index in [2.05, 4.69) is 5.32 Å². The Labute approximate surface area is 119 Å². The summed E-state index contributed by atoms with van der Waals surface area (Å²) in [4.78, 5) is 33.6. The average Bonchev–Trinajstić information content (AvgIpc) is 2.75. The van der Waals surface area contributed by atoms with Crippen LogP contribution in [0.3, 0.4) is 0 Å². The number of aliphatic carboxylic acids is 2. The standard InChI is InChI=1S/C14H13NO6/c1-7-8-4-2-3-5-10(8)21-12(7)13(18)15-9(14(19)20)6-11(16)17/h2-5,9H,6H2,1H3,(H,15,18)(H,16,17)(H,19,20)/t9-/m0/s1. The summed E-state index contributed by atoms with van der Waals surface area (Å²) in [6.07, 6.45) is -0.708. The molecule has 21 heavy (non-hydrogen) atoms. The third-order valence-electron chi connectivity index (χ3n) is 3.03. The number of nitrogens with one attached hydrogen (secondary N) is 1. The molecule has 1 aromatic heterocycles. The number of para-hydroxylation sites is 1. The zero-order chi connectivity index (χ0) is 15.6. The summed E-state index contributed by atoms with van der Waals surface area (Å²) in [7, 11) is 0. The van der Waals surface area contributed by atoms with E-state index in [1.807, 2.05) is 0 Å². The molecule has 110 valence electrons. The lowest BCUT2D eigenvalue weighted by molar-refractivity contribution is -0.145. The molecular weight excluding hydrogens is 278 g/mol. The minimum absolute atomic E-state index is 0.0205. The second-order valence-electron chi connectivity index (χ2n) is 4.51. The van der Waals surface area contributed by atoms with E-state index in [0.29, 0.717) is 11.1 Å². The van der Waals surface area contributed by atoms with Gasteiger partial charge in [-0.05, 0) is 13.0 Å². The van der Waals surface area contributed by atoms with Crippen LogP contribution < -0.4 is 5.32 Å². The highest BCUT2D eigenvalue weighted by Crippen LogP contribution is 2.24. The Kier molecular flexibility index (Phi) is 3.93. The minimum atomic E-state index is -1.51. The molecule has 0 bridgehead atoms. The van der Waals surface area contributed by atoms with E-state index in [1.54, 1.807) is 31.2 Å². The molecule has 0 saturated heterocycles. The van der Waals surface area contributed by atoms with Crippen molar-refractivity contribution >= 4 is 28.8 Å². The summed E-state index contributed by atoms with van der Waals surface area (Å²) in [5.41, 5.74) is 1.08. The number of aryl methyl sites for hydroxylation is 1. The number of rotatable bonds is 5. The lowest BCUT2D eigenvalue weighted by atomic mass is 10.1. The van der Waals surface area contributed by atoms with E-state index in [-0.39, 0.29) is 5.76 Å². The molecule has 0 radical (unpaired) electrons. The van der Waals surface area contributed by atoms with Crippen LogP contribution in [0.2, 0.25) is 0 Å². The number of amides is 1. The monoisotopic (exact) mass is 291 g/mol. The molecule has 0 fully saturated rings. The highest BCUT2D eigenvalue weighted by atomic mass is 16.4. The fourth-order valence-corrected chi connectivity index (χ4v) is 1.99. The first-order valence-corrected chi connectivity index (χ1v) is 6.13. The molecule has 1 aromatic carbocycles. The molecule has 7 heteroatoms. The van der Waals surface area contributed by atoms with Gasteiger partial charge >= 0.3 is 11.9 Å². The van der Waals surface area contributed by atoms with Crippen LogP contribution in [0, 0.1) is 6.92 Å². The van der Waals surface area contributed by atoms with E-state index < -0.39 is 30.3 Å². The molecular formula is C14H13NO6. The van der Waals surface area contributed by atoms with Gasteiger partial charge in [-0.25, -0.2) is 4.79 Å². The third-order valence-corrected chi connectivity index (χ3v) is 3.03. The molecule has 1 amide bonds. The van der Waals surface area contributed by atoms with Crippen LogP contribution in [0.1, 0.15) is 22.5 Å². The number of hydrogen-bond donors (Lipinski definition) is 3. The first kappa shape index (κ1) is 14.6. The second kappa shape index (κ2) is 5.66. The molecule has 0 aliphatic carbocycles. The number of hydrogen-bond acceptors (Lipinski definition) is 4. The molecule has 0 spiro atoms. The number of carbonyl (C=O) groups excluding carboxylic acids is 1. The van der Waals surface area contributed by atoms with Gasteiger partial charge in [-0.2, -0.15) is 0 Å². The number of carbonyl (C=O) groups is 3. The molecule has 7 nitrogen and oxygen atoms in total. The highest BCUT2D eigenvalue weighted by molar-refractivity contribution is 6.00. The van der Waals surface area contributed by atoms with Crippen molar-refractivity contribution in [2.24, 2.45) is 0 Å². The van der Waals surface area contributed by atoms with Gasteiger partial charge in [0.25, 0.3) is 5.91 Å². The fraction of sp³-hybridized carbons (Fsp3) is 0.214. The van der Waals surface area contributed by atoms with Gasteiger partial charge in [0.15, 0.2) is 5.76 Å². The van der Waals surface area contributed by atoms with Gasteiger partial charge in [0.1, 0.15) is 11.6 Å². The normalized spacial score (nSPS) is 12.0. The van der Waals surface area contributed by atoms with Gasteiger partial charge in [0, 0.05) is 10.9 Å². The summed E-state index contributed by atoms with van der Waals surface area (Å²) in [6.45, 7) is 1.67. The van der Waals surface area contributed by atoms with E-state index >= 15 is 0 Å². The van der Waals surface area contributed by atoms with E-state index in [0.717, 1.165) is 5.39 Å². The molecule has 0 saturated carbocycles. The predicted molar refractivity (Wildman–Crippen MR) is 72.1 cm³/mol. The number of fused-ring (bicyclic) bond motifs is 1. The Morgan fingerprint density at radius 1 is 1.24 bits per heavy atom. The molecule has 0 unspecified atom stereocenters. The van der Waals surface area contributed by atoms with Crippen LogP contribution in [-0.2, 0) is 9.59 Å². The third kappa shape index (κ3) is 3.02. The van der Waals surface area contributed by atoms with Crippen molar-refractivity contribution in [2.75, 3.05) is 0 Å². The van der Waals surface area contributed by atoms with Gasteiger partial charge in [-0.3, -0.25) is 9.59 Å². The van der Waals surface area contributed by atoms with Gasteiger partial charge in [0.2, 0.25) is 0 Å². The number of carboxylic acids is 2. The Bertz CT molecular complexity index is 717. The van der Waals surface area contributed by atoms with Crippen molar-refractivity contribution in [2.45, 2.75) is 19.4 Å². The summed E-state index contributed by atoms with van der Waals surface area (Å²) < 4.78 is 5.39. The Morgan fingerprint density at radius 3 is 2.48 bits per heavy atom. The SMILES string of the molecule is Cc1c(C(=O)N[C@@H](CC(=O)O)C(=O)O)oc2ccccc12. The minimum Gasteiger partial charge on any atom is -0.481 e. The van der Waals surface area contributed by atoms with Crippen molar-refractivity contribution < 1.29 is 29.0 Å². The molecule has 1 heterocycles. The van der Waals surface area contributed by atoms with E-state index in [9.17, 15) is 14.4 Å². The molecule has 0 aliphatic rings. The van der Waals surface area contributed by atoms with Crippen molar-refractivity contribution in [3.8, 4) is 0 Å². The van der Waals surface area contributed by atoms with E-state index in [1.165, 1.54) is 0 Å². The quantitative estimate of drug-likeness (QED) is 0.766. The van der Waals surface area contributed by atoms with Gasteiger partial charge in [-0.1, -0.05) is 18.2 Å². The second-order valence-corrected chi connectivity index (χ2v) is 4.51. The van der Waals surface area contributed by atoms with Crippen LogP contribution in [0.4, 0.5) is 0 Å². The van der Waals surface area contributed by atoms with E-state index in [4.69, 9.17) is 14.6 Å². The average molecular weight is 291 g/mol. The summed E-state index contributed by atoms with van der Waals surface area (Å²) >= 11 is 0. The molecule has 3 N–H and O–H groups in total. The topological polar surface area (TPSA) is 117 Å². The Morgan fingerprint density at radius 2 is 1.90 bits per heavy atom. The Balaban J connectivity index is 2.27. The lowest BCUT2D eigenvalue weighted by Gasteiger charge is -2.11. The van der Waals surface area contributed by atoms with Gasteiger partial charge in [0.05, 0.1) is 6.42 Å². The summed E-state index contributed by atoms with van der Waals surface area (Å²) in [5, 5.41) is 20.5. The molecule has 1 atom stereocenters. The van der Waals surface area contributed by atoms with Gasteiger partial charge < -0.3 is 19.9 Å². The number of carboxylic acid groups (broad SMARTS) is 2. The van der Waals surface area contributed by atoms with Crippen molar-refractivity contribution in [3.63, 3.8) is 0 Å². The maximum atomic E-state index is 12.1. The zero-order valence-corrected chi connectivity index (χ0v) is 11.1. The van der Waals surface area contributed by atoms with Crippen LogP contribution in [0.5, 0.6) is 0 Å². The molecule has 2 rings (SSSR count). The largest absolute Gasteiger partial charge is 0.481 e. The Hall–Kier alpha value is -2.83. The number of benzene rings is 1. The maximum Gasteiger partial charge on any atom is 0.326 e. The summed E-state index contributed by atoms with van der Waals surface area (Å²) in [6, 6.07) is 5.48. The number of furan rings is 1. The van der Waals surface area contributed by atoms with Crippen LogP contribution in [-0.4, -0.2) is 34.1 Å². The van der Waals surface area contributed by atoms with Crippen molar-refractivity contribution in [3.05, 3.63) is 35.6 Å². The van der Waals surface area contributed by atoms with Crippen molar-refractivity contribution in [1.82, 2.24) is 5.32 Å². The maximum absolute atomic E-state index is 12.1. The van der Waals surface area contributed by atoms with Crippen molar-refractivity contribution in [1.29, 1.82) is 0 Å². The van der Waals surface area contributed by atoms with Crippen LogP contribution in [0.15, 0.2) is 28.7 Å². The first-order valence-electron chi connectivity index (χ1n) is 6.13. The highest BCUT2D eigenvalue weighted by Gasteiger charge is 2.26. The van der Waals surface area contributed by atoms with Crippen LogP contribution in [0.25, 0.3) is 11.0 Å². The molecule has 0 aliphatic heterocycles. The smallest absolute Gasteiger partial charge is 0.326 e. The fourth-order valence-electron chi connectivity index (χ4n) is 1.99.